The quantitative estimate of drug-likeness (QED) is 0.749. The molecular weight excluding hydrogens is 362 g/mol. The van der Waals surface area contributed by atoms with Gasteiger partial charge in [-0.15, -0.1) is 0 Å². The number of rotatable bonds is 3. The minimum atomic E-state index is -0.142. The minimum Gasteiger partial charge on any atom is -0.489 e. The Hall–Kier alpha value is -2.79. The molecule has 1 aliphatic rings. The third kappa shape index (κ3) is 3.43. The maximum absolute atomic E-state index is 12.3. The Balaban J connectivity index is 1.64. The summed E-state index contributed by atoms with van der Waals surface area (Å²) in [5.74, 6) is 0.343. The third-order valence-electron chi connectivity index (χ3n) is 4.79. The number of carbonyl (C=O) groups is 1. The zero-order valence-corrected chi connectivity index (χ0v) is 16.0. The number of hydrogen-bond acceptors (Lipinski definition) is 3. The fraction of sp³-hybridized carbons (Fsp3) is 0.238. The Labute approximate surface area is 162 Å². The summed E-state index contributed by atoms with van der Waals surface area (Å²) in [5.41, 5.74) is 5.65. The first-order valence-corrected chi connectivity index (χ1v) is 9.23. The van der Waals surface area contributed by atoms with E-state index < -0.39 is 0 Å². The van der Waals surface area contributed by atoms with Gasteiger partial charge in [0.1, 0.15) is 6.61 Å². The second-order valence-corrected chi connectivity index (χ2v) is 7.10. The van der Waals surface area contributed by atoms with Gasteiger partial charge in [0.2, 0.25) is 0 Å². The molecule has 4 rings (SSSR count). The van der Waals surface area contributed by atoms with Crippen LogP contribution >= 0.6 is 11.6 Å². The number of aryl methyl sites for hydroxylation is 1. The molecule has 0 bridgehead atoms. The number of hydrogen-bond donors (Lipinski definition) is 1. The predicted molar refractivity (Wildman–Crippen MR) is 105 cm³/mol. The number of nitrogens with zero attached hydrogens (tertiary/aromatic N) is 2. The lowest BCUT2D eigenvalue weighted by atomic mass is 9.97. The van der Waals surface area contributed by atoms with Gasteiger partial charge in [-0.1, -0.05) is 23.7 Å². The number of halogens is 1. The first-order valence-electron chi connectivity index (χ1n) is 8.86. The summed E-state index contributed by atoms with van der Waals surface area (Å²) in [6.45, 7) is 4.84. The normalized spacial score (nSPS) is 13.5. The van der Waals surface area contributed by atoms with Crippen molar-refractivity contribution in [2.45, 2.75) is 20.3 Å². The average Bonchev–Trinajstić information content (AvgIpc) is 3.01. The van der Waals surface area contributed by atoms with Gasteiger partial charge in [0.05, 0.1) is 29.2 Å². The summed E-state index contributed by atoms with van der Waals surface area (Å²) >= 11 is 6.51. The van der Waals surface area contributed by atoms with Crippen LogP contribution in [0.25, 0.3) is 5.69 Å². The van der Waals surface area contributed by atoms with Crippen LogP contribution in [-0.4, -0.2) is 28.6 Å². The highest BCUT2D eigenvalue weighted by atomic mass is 35.5. The second kappa shape index (κ2) is 7.08. The minimum absolute atomic E-state index is 0.142. The number of benzene rings is 2. The first kappa shape index (κ1) is 17.6. The highest BCUT2D eigenvalue weighted by Crippen LogP contribution is 2.36. The third-order valence-corrected chi connectivity index (χ3v) is 5.25. The van der Waals surface area contributed by atoms with E-state index in [-0.39, 0.29) is 5.91 Å². The van der Waals surface area contributed by atoms with E-state index in [9.17, 15) is 4.79 Å². The van der Waals surface area contributed by atoms with Crippen molar-refractivity contribution in [3.8, 4) is 11.4 Å². The molecule has 1 N–H and O–H groups in total. The van der Waals surface area contributed by atoms with E-state index in [1.807, 2.05) is 30.7 Å². The monoisotopic (exact) mass is 381 g/mol. The lowest BCUT2D eigenvalue weighted by Gasteiger charge is -2.15. The lowest BCUT2D eigenvalue weighted by molar-refractivity contribution is 0.0957. The van der Waals surface area contributed by atoms with E-state index in [2.05, 4.69) is 34.6 Å². The summed E-state index contributed by atoms with van der Waals surface area (Å²) in [6, 6.07) is 10.2. The van der Waals surface area contributed by atoms with Gasteiger partial charge in [-0.05, 0) is 55.2 Å². The molecule has 2 heterocycles. The summed E-state index contributed by atoms with van der Waals surface area (Å²) in [7, 11) is 0. The standard InChI is InChI=1S/C21H20ClN3O2/c1-13-11-25(12-24-13)17-5-3-15(4-6-17)9-16-10-18-20(19(22)14(16)2)27-8-7-23-21(18)26/h3-6,10-12H,7-9H2,1-2H3,(H,23,26). The molecule has 3 aromatic rings. The highest BCUT2D eigenvalue weighted by molar-refractivity contribution is 6.33. The maximum Gasteiger partial charge on any atom is 0.255 e. The number of imidazole rings is 1. The van der Waals surface area contributed by atoms with Crippen molar-refractivity contribution in [1.82, 2.24) is 14.9 Å². The Morgan fingerprint density at radius 3 is 2.74 bits per heavy atom. The van der Waals surface area contributed by atoms with Crippen LogP contribution in [0.5, 0.6) is 5.75 Å². The highest BCUT2D eigenvalue weighted by Gasteiger charge is 2.22. The fourth-order valence-electron chi connectivity index (χ4n) is 3.25. The van der Waals surface area contributed by atoms with E-state index in [4.69, 9.17) is 16.3 Å². The molecular formula is C21H20ClN3O2. The van der Waals surface area contributed by atoms with Crippen LogP contribution in [-0.2, 0) is 6.42 Å². The molecule has 0 radical (unpaired) electrons. The second-order valence-electron chi connectivity index (χ2n) is 6.72. The predicted octanol–water partition coefficient (Wildman–Crippen LogP) is 3.86. The molecule has 138 valence electrons. The molecule has 1 amide bonds. The summed E-state index contributed by atoms with van der Waals surface area (Å²) in [4.78, 5) is 16.6. The summed E-state index contributed by atoms with van der Waals surface area (Å²) < 4.78 is 7.67. The zero-order valence-electron chi connectivity index (χ0n) is 15.3. The van der Waals surface area contributed by atoms with E-state index in [1.165, 1.54) is 0 Å². The molecule has 0 saturated heterocycles. The molecule has 27 heavy (non-hydrogen) atoms. The van der Waals surface area contributed by atoms with E-state index >= 15 is 0 Å². The molecule has 0 spiro atoms. The number of aromatic nitrogens is 2. The number of amides is 1. The fourth-order valence-corrected chi connectivity index (χ4v) is 3.53. The number of carbonyl (C=O) groups excluding carboxylic acids is 1. The van der Waals surface area contributed by atoms with Crippen molar-refractivity contribution in [2.75, 3.05) is 13.2 Å². The van der Waals surface area contributed by atoms with Gasteiger partial charge in [0.15, 0.2) is 5.75 Å². The maximum atomic E-state index is 12.3. The van der Waals surface area contributed by atoms with Crippen molar-refractivity contribution < 1.29 is 9.53 Å². The number of nitrogens with one attached hydrogen (secondary N) is 1. The summed E-state index contributed by atoms with van der Waals surface area (Å²) in [6.07, 6.45) is 4.48. The van der Waals surface area contributed by atoms with Gasteiger partial charge in [-0.2, -0.15) is 0 Å². The van der Waals surface area contributed by atoms with Crippen LogP contribution in [0.2, 0.25) is 5.02 Å². The number of fused-ring (bicyclic) bond motifs is 1. The van der Waals surface area contributed by atoms with Gasteiger partial charge in [0.25, 0.3) is 5.91 Å². The Morgan fingerprint density at radius 2 is 2.04 bits per heavy atom. The zero-order chi connectivity index (χ0) is 19.0. The Bertz CT molecular complexity index is 1010. The number of ether oxygens (including phenoxy) is 1. The Kier molecular flexibility index (Phi) is 4.62. The van der Waals surface area contributed by atoms with Gasteiger partial charge < -0.3 is 14.6 Å². The van der Waals surface area contributed by atoms with Gasteiger partial charge in [-0.25, -0.2) is 4.98 Å². The molecule has 0 fully saturated rings. The van der Waals surface area contributed by atoms with Crippen molar-refractivity contribution in [2.24, 2.45) is 0 Å². The van der Waals surface area contributed by atoms with Crippen molar-refractivity contribution in [3.05, 3.63) is 75.8 Å². The molecule has 1 aliphatic heterocycles. The SMILES string of the molecule is Cc1cn(-c2ccc(Cc3cc4c(c(Cl)c3C)OCCNC4=O)cc2)cn1. The van der Waals surface area contributed by atoms with Crippen LogP contribution in [0.4, 0.5) is 0 Å². The average molecular weight is 382 g/mol. The smallest absolute Gasteiger partial charge is 0.255 e. The topological polar surface area (TPSA) is 56.1 Å². The van der Waals surface area contributed by atoms with Crippen LogP contribution < -0.4 is 10.1 Å². The van der Waals surface area contributed by atoms with E-state index in [0.29, 0.717) is 35.9 Å². The van der Waals surface area contributed by atoms with Gasteiger partial charge >= 0.3 is 0 Å². The van der Waals surface area contributed by atoms with Crippen molar-refractivity contribution in [1.29, 1.82) is 0 Å². The van der Waals surface area contributed by atoms with Crippen LogP contribution in [0.15, 0.2) is 42.9 Å². The molecule has 5 nitrogen and oxygen atoms in total. The Morgan fingerprint density at radius 1 is 1.26 bits per heavy atom. The lowest BCUT2D eigenvalue weighted by Crippen LogP contribution is -2.24. The first-order chi connectivity index (χ1) is 13.0. The van der Waals surface area contributed by atoms with Gasteiger partial charge in [0, 0.05) is 11.9 Å². The molecule has 0 aliphatic carbocycles. The van der Waals surface area contributed by atoms with Crippen molar-refractivity contribution >= 4 is 17.5 Å². The van der Waals surface area contributed by atoms with Crippen LogP contribution in [0, 0.1) is 13.8 Å². The summed E-state index contributed by atoms with van der Waals surface area (Å²) in [5, 5.41) is 3.35. The molecule has 1 aromatic heterocycles. The molecule has 0 unspecified atom stereocenters. The molecule has 6 heteroatoms. The van der Waals surface area contributed by atoms with Crippen molar-refractivity contribution in [3.63, 3.8) is 0 Å². The molecule has 2 aromatic carbocycles. The van der Waals surface area contributed by atoms with E-state index in [1.54, 1.807) is 6.33 Å². The molecule has 0 atom stereocenters. The van der Waals surface area contributed by atoms with E-state index in [0.717, 1.165) is 28.1 Å². The van der Waals surface area contributed by atoms with Gasteiger partial charge in [-0.3, -0.25) is 4.79 Å². The van der Waals surface area contributed by atoms with Crippen LogP contribution in [0.3, 0.4) is 0 Å². The largest absolute Gasteiger partial charge is 0.489 e. The van der Waals surface area contributed by atoms with Crippen LogP contribution in [0.1, 0.15) is 32.7 Å². The molecule has 0 saturated carbocycles.